The summed E-state index contributed by atoms with van der Waals surface area (Å²) >= 11 is 5.83. The number of likely N-dealkylation sites (tertiary alicyclic amines) is 1. The van der Waals surface area contributed by atoms with Crippen LogP contribution in [-0.4, -0.2) is 27.5 Å². The molecule has 1 atom stereocenters. The number of hydrogen-bond acceptors (Lipinski definition) is 5. The molecule has 1 aliphatic heterocycles. The van der Waals surface area contributed by atoms with Crippen molar-refractivity contribution in [2.45, 2.75) is 31.9 Å². The smallest absolute Gasteiger partial charge is 0.264 e. The Balaban J connectivity index is 1.48. The van der Waals surface area contributed by atoms with E-state index in [-0.39, 0.29) is 35.3 Å². The van der Waals surface area contributed by atoms with E-state index >= 15 is 0 Å². The summed E-state index contributed by atoms with van der Waals surface area (Å²) in [5, 5.41) is 3.92. The first-order valence-corrected chi connectivity index (χ1v) is 9.86. The molecule has 1 aromatic heterocycles. The predicted molar refractivity (Wildman–Crippen MR) is 104 cm³/mol. The summed E-state index contributed by atoms with van der Waals surface area (Å²) in [6, 6.07) is 9.14. The Hall–Kier alpha value is -3.00. The van der Waals surface area contributed by atoms with Gasteiger partial charge >= 0.3 is 0 Å². The Morgan fingerprint density at radius 1 is 1.20 bits per heavy atom. The molecule has 30 heavy (non-hydrogen) atoms. The van der Waals surface area contributed by atoms with Crippen molar-refractivity contribution in [3.63, 3.8) is 0 Å². The van der Waals surface area contributed by atoms with Gasteiger partial charge in [-0.1, -0.05) is 16.8 Å². The van der Waals surface area contributed by atoms with Crippen LogP contribution in [0.3, 0.4) is 0 Å². The van der Waals surface area contributed by atoms with Gasteiger partial charge in [-0.15, -0.1) is 0 Å². The maximum absolute atomic E-state index is 13.4. The van der Waals surface area contributed by atoms with Gasteiger partial charge in [-0.05, 0) is 61.7 Å². The number of aromatic nitrogens is 2. The van der Waals surface area contributed by atoms with Crippen LogP contribution in [-0.2, 0) is 6.61 Å². The molecule has 156 valence electrons. The lowest BCUT2D eigenvalue weighted by atomic mass is 10.00. The van der Waals surface area contributed by atoms with Gasteiger partial charge in [0.15, 0.2) is 12.4 Å². The number of carbonyl (C=O) groups excluding carboxylic acids is 1. The van der Waals surface area contributed by atoms with Crippen LogP contribution < -0.4 is 4.74 Å². The highest BCUT2D eigenvalue weighted by molar-refractivity contribution is 6.31. The van der Waals surface area contributed by atoms with E-state index in [0.29, 0.717) is 30.1 Å². The summed E-state index contributed by atoms with van der Waals surface area (Å²) in [7, 11) is 0. The summed E-state index contributed by atoms with van der Waals surface area (Å²) in [5.41, 5.74) is 0.302. The largest absolute Gasteiger partial charge is 0.484 e. The van der Waals surface area contributed by atoms with Gasteiger partial charge < -0.3 is 14.2 Å². The van der Waals surface area contributed by atoms with Gasteiger partial charge in [0.2, 0.25) is 0 Å². The highest BCUT2D eigenvalue weighted by Crippen LogP contribution is 2.31. The van der Waals surface area contributed by atoms with Crippen molar-refractivity contribution >= 4 is 17.5 Å². The first kappa shape index (κ1) is 20.3. The third kappa shape index (κ3) is 4.43. The lowest BCUT2D eigenvalue weighted by Gasteiger charge is -2.33. The number of rotatable bonds is 5. The molecule has 6 nitrogen and oxygen atoms in total. The quantitative estimate of drug-likeness (QED) is 0.569. The summed E-state index contributed by atoms with van der Waals surface area (Å²) in [4.78, 5) is 19.0. The fraction of sp³-hybridized carbons (Fsp3) is 0.286. The number of carbonyl (C=O) groups is 1. The maximum atomic E-state index is 13.4. The van der Waals surface area contributed by atoms with Crippen LogP contribution in [0.5, 0.6) is 5.75 Å². The topological polar surface area (TPSA) is 68.5 Å². The Morgan fingerprint density at radius 3 is 2.77 bits per heavy atom. The second kappa shape index (κ2) is 8.79. The molecule has 1 saturated heterocycles. The standard InChI is InChI=1S/C21H18ClF2N3O3/c22-16-11-13(4-9-17(16)24)21(28)27-10-2-1-3-18(27)20-25-19(30-26-20)12-29-15-7-5-14(23)6-8-15/h4-9,11,18H,1-3,10,12H2. The van der Waals surface area contributed by atoms with Crippen LogP contribution in [0, 0.1) is 11.6 Å². The Labute approximate surface area is 176 Å². The van der Waals surface area contributed by atoms with E-state index in [1.165, 1.54) is 42.5 Å². The molecule has 1 unspecified atom stereocenters. The predicted octanol–water partition coefficient (Wildman–Crippen LogP) is 4.95. The molecule has 3 aromatic rings. The fourth-order valence-electron chi connectivity index (χ4n) is 3.38. The van der Waals surface area contributed by atoms with E-state index in [1.807, 2.05) is 0 Å². The van der Waals surface area contributed by atoms with E-state index in [2.05, 4.69) is 10.1 Å². The highest BCUT2D eigenvalue weighted by atomic mass is 35.5. The molecule has 1 aliphatic rings. The molecule has 0 bridgehead atoms. The van der Waals surface area contributed by atoms with Crippen LogP contribution in [0.25, 0.3) is 0 Å². The second-order valence-electron chi connectivity index (χ2n) is 6.93. The number of ether oxygens (including phenoxy) is 1. The van der Waals surface area contributed by atoms with E-state index in [4.69, 9.17) is 20.9 Å². The van der Waals surface area contributed by atoms with Crippen molar-refractivity contribution in [1.29, 1.82) is 0 Å². The summed E-state index contributed by atoms with van der Waals surface area (Å²) < 4.78 is 37.2. The van der Waals surface area contributed by atoms with Crippen LogP contribution in [0.4, 0.5) is 8.78 Å². The lowest BCUT2D eigenvalue weighted by molar-refractivity contribution is 0.0596. The second-order valence-corrected chi connectivity index (χ2v) is 7.34. The Morgan fingerprint density at radius 2 is 2.00 bits per heavy atom. The van der Waals surface area contributed by atoms with Crippen molar-refractivity contribution in [2.75, 3.05) is 6.54 Å². The Bertz CT molecular complexity index is 1040. The van der Waals surface area contributed by atoms with Crippen molar-refractivity contribution < 1.29 is 22.8 Å². The van der Waals surface area contributed by atoms with E-state index in [1.54, 1.807) is 4.90 Å². The number of piperidine rings is 1. The zero-order chi connectivity index (χ0) is 21.1. The highest BCUT2D eigenvalue weighted by Gasteiger charge is 2.32. The molecule has 1 amide bonds. The first-order chi connectivity index (χ1) is 14.5. The molecule has 9 heteroatoms. The van der Waals surface area contributed by atoms with Crippen molar-refractivity contribution in [2.24, 2.45) is 0 Å². The summed E-state index contributed by atoms with van der Waals surface area (Å²) in [6.45, 7) is 0.543. The maximum Gasteiger partial charge on any atom is 0.264 e. The lowest BCUT2D eigenvalue weighted by Crippen LogP contribution is -2.39. The van der Waals surface area contributed by atoms with Gasteiger partial charge in [0.05, 0.1) is 11.1 Å². The molecular weight excluding hydrogens is 416 g/mol. The van der Waals surface area contributed by atoms with Crippen LogP contribution >= 0.6 is 11.6 Å². The number of nitrogens with zero attached hydrogens (tertiary/aromatic N) is 3. The Kier molecular flexibility index (Phi) is 5.94. The van der Waals surface area contributed by atoms with Crippen molar-refractivity contribution in [3.05, 3.63) is 76.4 Å². The van der Waals surface area contributed by atoms with Gasteiger partial charge in [0.1, 0.15) is 17.4 Å². The summed E-state index contributed by atoms with van der Waals surface area (Å²) in [5.74, 6) is -0.0975. The minimum absolute atomic E-state index is 0.0207. The van der Waals surface area contributed by atoms with Crippen molar-refractivity contribution in [1.82, 2.24) is 15.0 Å². The van der Waals surface area contributed by atoms with Crippen LogP contribution in [0.2, 0.25) is 5.02 Å². The molecule has 2 heterocycles. The molecule has 0 aliphatic carbocycles. The number of halogens is 3. The zero-order valence-corrected chi connectivity index (χ0v) is 16.6. The zero-order valence-electron chi connectivity index (χ0n) is 15.9. The number of hydrogen-bond donors (Lipinski definition) is 0. The molecule has 1 fully saturated rings. The molecular formula is C21H18ClF2N3O3. The third-order valence-electron chi connectivity index (χ3n) is 4.89. The number of amides is 1. The van der Waals surface area contributed by atoms with Gasteiger partial charge in [-0.3, -0.25) is 4.79 Å². The van der Waals surface area contributed by atoms with Crippen LogP contribution in [0.1, 0.15) is 47.4 Å². The minimum Gasteiger partial charge on any atom is -0.484 e. The monoisotopic (exact) mass is 433 g/mol. The van der Waals surface area contributed by atoms with Crippen molar-refractivity contribution in [3.8, 4) is 5.75 Å². The van der Waals surface area contributed by atoms with Crippen LogP contribution in [0.15, 0.2) is 47.0 Å². The number of benzene rings is 2. The molecule has 0 radical (unpaired) electrons. The minimum atomic E-state index is -0.577. The van der Waals surface area contributed by atoms with E-state index < -0.39 is 5.82 Å². The average Bonchev–Trinajstić information content (AvgIpc) is 3.24. The SMILES string of the molecule is O=C(c1ccc(F)c(Cl)c1)N1CCCCC1c1noc(COc2ccc(F)cc2)n1. The summed E-state index contributed by atoms with van der Waals surface area (Å²) in [6.07, 6.45) is 2.43. The van der Waals surface area contributed by atoms with Gasteiger partial charge in [0, 0.05) is 12.1 Å². The van der Waals surface area contributed by atoms with Gasteiger partial charge in [-0.2, -0.15) is 4.98 Å². The average molecular weight is 434 g/mol. The molecule has 0 spiro atoms. The molecule has 0 saturated carbocycles. The molecule has 0 N–H and O–H groups in total. The molecule has 4 rings (SSSR count). The fourth-order valence-corrected chi connectivity index (χ4v) is 3.56. The first-order valence-electron chi connectivity index (χ1n) is 9.48. The molecule has 2 aromatic carbocycles. The van der Waals surface area contributed by atoms with E-state index in [9.17, 15) is 13.6 Å². The van der Waals surface area contributed by atoms with Gasteiger partial charge in [0.25, 0.3) is 11.8 Å². The normalized spacial score (nSPS) is 16.5. The van der Waals surface area contributed by atoms with E-state index in [0.717, 1.165) is 12.8 Å². The third-order valence-corrected chi connectivity index (χ3v) is 5.18. The van der Waals surface area contributed by atoms with Gasteiger partial charge in [-0.25, -0.2) is 8.78 Å².